The van der Waals surface area contributed by atoms with Crippen LogP contribution < -0.4 is 10.6 Å². The largest absolute Gasteiger partial charge is 0.417 e. The summed E-state index contributed by atoms with van der Waals surface area (Å²) in [5.74, 6) is 0.371. The number of halogens is 3. The van der Waals surface area contributed by atoms with E-state index in [0.717, 1.165) is 12.3 Å². The molecule has 1 aliphatic heterocycles. The number of nitrogens with one attached hydrogen (secondary N) is 2. The summed E-state index contributed by atoms with van der Waals surface area (Å²) in [5, 5.41) is 5.74. The number of carbonyl (C=O) groups excluding carboxylic acids is 1. The third kappa shape index (κ3) is 5.26. The number of alkyl halides is 3. The van der Waals surface area contributed by atoms with E-state index in [-0.39, 0.29) is 12.1 Å². The molecule has 0 aromatic carbocycles. The highest BCUT2D eigenvalue weighted by Gasteiger charge is 2.30. The smallest absolute Gasteiger partial charge is 0.377 e. The Morgan fingerprint density at radius 1 is 1.42 bits per heavy atom. The van der Waals surface area contributed by atoms with Gasteiger partial charge in [0.25, 0.3) is 0 Å². The van der Waals surface area contributed by atoms with Crippen LogP contribution >= 0.6 is 0 Å². The van der Waals surface area contributed by atoms with Crippen LogP contribution in [0.1, 0.15) is 18.9 Å². The van der Waals surface area contributed by atoms with E-state index < -0.39 is 11.7 Å². The molecule has 1 aromatic heterocycles. The number of carbonyl (C=O) groups is 1. The molecule has 24 heavy (non-hydrogen) atoms. The highest BCUT2D eigenvalue weighted by Crippen LogP contribution is 2.28. The Hall–Kier alpha value is -2.03. The van der Waals surface area contributed by atoms with Crippen molar-refractivity contribution in [2.75, 3.05) is 38.2 Å². The Kier molecular flexibility index (Phi) is 6.24. The zero-order chi connectivity index (χ0) is 17.6. The molecule has 134 valence electrons. The van der Waals surface area contributed by atoms with Crippen LogP contribution in [0.15, 0.2) is 18.3 Å². The van der Waals surface area contributed by atoms with Crippen LogP contribution in [0, 0.1) is 0 Å². The first-order valence-corrected chi connectivity index (χ1v) is 7.77. The van der Waals surface area contributed by atoms with Crippen molar-refractivity contribution in [3.63, 3.8) is 0 Å². The predicted molar refractivity (Wildman–Crippen MR) is 82.7 cm³/mol. The van der Waals surface area contributed by atoms with Gasteiger partial charge in [-0.2, -0.15) is 13.2 Å². The average Bonchev–Trinajstić information content (AvgIpc) is 2.54. The summed E-state index contributed by atoms with van der Waals surface area (Å²) < 4.78 is 42.5. The van der Waals surface area contributed by atoms with Gasteiger partial charge in [0.2, 0.25) is 0 Å². The maximum absolute atomic E-state index is 12.4. The maximum atomic E-state index is 12.4. The number of urea groups is 1. The highest BCUT2D eigenvalue weighted by molar-refractivity contribution is 5.74. The number of ether oxygens (including phenoxy) is 1. The van der Waals surface area contributed by atoms with Gasteiger partial charge in [-0.15, -0.1) is 0 Å². The van der Waals surface area contributed by atoms with Crippen LogP contribution in [0.3, 0.4) is 0 Å². The van der Waals surface area contributed by atoms with Crippen LogP contribution in [0.2, 0.25) is 0 Å². The molecule has 0 saturated carbocycles. The molecule has 1 aliphatic rings. The molecule has 2 amide bonds. The molecule has 0 spiro atoms. The Balaban J connectivity index is 1.65. The number of hydrogen-bond acceptors (Lipinski definition) is 4. The second kappa shape index (κ2) is 8.18. The van der Waals surface area contributed by atoms with Gasteiger partial charge < -0.3 is 20.3 Å². The first-order chi connectivity index (χ1) is 11.4. The highest BCUT2D eigenvalue weighted by atomic mass is 19.4. The van der Waals surface area contributed by atoms with Gasteiger partial charge in [-0.1, -0.05) is 0 Å². The van der Waals surface area contributed by atoms with E-state index in [0.29, 0.717) is 45.1 Å². The SMILES string of the molecule is C[C@H]1COCCN1C(=O)NCCCNc1ccc(C(F)(F)F)cn1. The van der Waals surface area contributed by atoms with Crippen LogP contribution in [-0.4, -0.2) is 54.8 Å². The fourth-order valence-corrected chi connectivity index (χ4v) is 2.30. The Bertz CT molecular complexity index is 537. The summed E-state index contributed by atoms with van der Waals surface area (Å²) in [4.78, 5) is 17.4. The van der Waals surface area contributed by atoms with Crippen molar-refractivity contribution in [3.05, 3.63) is 23.9 Å². The molecule has 0 bridgehead atoms. The molecular formula is C15H21F3N4O2. The summed E-state index contributed by atoms with van der Waals surface area (Å²) in [6.07, 6.45) is -2.95. The molecule has 0 unspecified atom stereocenters. The van der Waals surface area contributed by atoms with Crippen LogP contribution in [0.4, 0.5) is 23.8 Å². The van der Waals surface area contributed by atoms with Gasteiger partial charge in [0.1, 0.15) is 5.82 Å². The fourth-order valence-electron chi connectivity index (χ4n) is 2.30. The standard InChI is InChI=1S/C15H21F3N4O2/c1-11-10-24-8-7-22(11)14(23)20-6-2-5-19-13-4-3-12(9-21-13)15(16,17)18/h3-4,9,11H,2,5-8,10H2,1H3,(H,19,21)(H,20,23)/t11-/m0/s1. The van der Waals surface area contributed by atoms with Crippen molar-refractivity contribution in [2.24, 2.45) is 0 Å². The summed E-state index contributed by atoms with van der Waals surface area (Å²) in [7, 11) is 0. The summed E-state index contributed by atoms with van der Waals surface area (Å²) in [6, 6.07) is 2.19. The number of hydrogen-bond donors (Lipinski definition) is 2. The molecule has 1 aromatic rings. The Morgan fingerprint density at radius 2 is 2.21 bits per heavy atom. The van der Waals surface area contributed by atoms with Crippen molar-refractivity contribution in [1.29, 1.82) is 0 Å². The van der Waals surface area contributed by atoms with Crippen molar-refractivity contribution < 1.29 is 22.7 Å². The van der Waals surface area contributed by atoms with Gasteiger partial charge in [0.15, 0.2) is 0 Å². The number of amides is 2. The second-order valence-corrected chi connectivity index (χ2v) is 5.56. The average molecular weight is 346 g/mol. The molecule has 2 rings (SSSR count). The molecule has 1 fully saturated rings. The molecule has 1 atom stereocenters. The van der Waals surface area contributed by atoms with E-state index in [1.807, 2.05) is 6.92 Å². The van der Waals surface area contributed by atoms with Crippen molar-refractivity contribution >= 4 is 11.8 Å². The number of morpholine rings is 1. The van der Waals surface area contributed by atoms with E-state index in [1.165, 1.54) is 6.07 Å². The van der Waals surface area contributed by atoms with E-state index in [2.05, 4.69) is 15.6 Å². The molecule has 2 N–H and O–H groups in total. The molecule has 6 nitrogen and oxygen atoms in total. The van der Waals surface area contributed by atoms with Gasteiger partial charge in [-0.05, 0) is 25.5 Å². The third-order valence-electron chi connectivity index (χ3n) is 3.66. The molecule has 1 saturated heterocycles. The zero-order valence-electron chi connectivity index (χ0n) is 13.4. The molecular weight excluding hydrogens is 325 g/mol. The fraction of sp³-hybridized carbons (Fsp3) is 0.600. The summed E-state index contributed by atoms with van der Waals surface area (Å²) >= 11 is 0. The van der Waals surface area contributed by atoms with E-state index in [4.69, 9.17) is 4.74 Å². The molecule has 2 heterocycles. The number of pyridine rings is 1. The topological polar surface area (TPSA) is 66.5 Å². The summed E-state index contributed by atoms with van der Waals surface area (Å²) in [5.41, 5.74) is -0.778. The Morgan fingerprint density at radius 3 is 2.83 bits per heavy atom. The number of nitrogens with zero attached hydrogens (tertiary/aromatic N) is 2. The zero-order valence-corrected chi connectivity index (χ0v) is 13.4. The first kappa shape index (κ1) is 18.3. The van der Waals surface area contributed by atoms with Crippen LogP contribution in [0.25, 0.3) is 0 Å². The van der Waals surface area contributed by atoms with Crippen LogP contribution in [-0.2, 0) is 10.9 Å². The van der Waals surface area contributed by atoms with E-state index in [9.17, 15) is 18.0 Å². The maximum Gasteiger partial charge on any atom is 0.417 e. The van der Waals surface area contributed by atoms with Crippen molar-refractivity contribution in [1.82, 2.24) is 15.2 Å². The molecule has 0 radical (unpaired) electrons. The van der Waals surface area contributed by atoms with Gasteiger partial charge in [-0.3, -0.25) is 0 Å². The van der Waals surface area contributed by atoms with Gasteiger partial charge in [-0.25, -0.2) is 9.78 Å². The lowest BCUT2D eigenvalue weighted by Gasteiger charge is -2.33. The van der Waals surface area contributed by atoms with Crippen LogP contribution in [0.5, 0.6) is 0 Å². The third-order valence-corrected chi connectivity index (χ3v) is 3.66. The van der Waals surface area contributed by atoms with E-state index in [1.54, 1.807) is 4.90 Å². The van der Waals surface area contributed by atoms with Gasteiger partial charge in [0.05, 0.1) is 24.8 Å². The number of aromatic nitrogens is 1. The first-order valence-electron chi connectivity index (χ1n) is 7.77. The molecule has 9 heteroatoms. The lowest BCUT2D eigenvalue weighted by atomic mass is 10.2. The van der Waals surface area contributed by atoms with Gasteiger partial charge >= 0.3 is 12.2 Å². The number of anilines is 1. The Labute approximate surface area is 138 Å². The van der Waals surface area contributed by atoms with E-state index >= 15 is 0 Å². The van der Waals surface area contributed by atoms with Gasteiger partial charge in [0, 0.05) is 25.8 Å². The lowest BCUT2D eigenvalue weighted by Crippen LogP contribution is -2.51. The second-order valence-electron chi connectivity index (χ2n) is 5.56. The summed E-state index contributed by atoms with van der Waals surface area (Å²) in [6.45, 7) is 4.54. The monoisotopic (exact) mass is 346 g/mol. The number of rotatable bonds is 5. The molecule has 0 aliphatic carbocycles. The van der Waals surface area contributed by atoms with Crippen molar-refractivity contribution in [2.45, 2.75) is 25.6 Å². The van der Waals surface area contributed by atoms with Crippen molar-refractivity contribution in [3.8, 4) is 0 Å². The minimum Gasteiger partial charge on any atom is -0.377 e. The minimum absolute atomic E-state index is 0.0493. The lowest BCUT2D eigenvalue weighted by molar-refractivity contribution is -0.137. The quantitative estimate of drug-likeness (QED) is 0.803. The normalized spacial score (nSPS) is 18.3. The predicted octanol–water partition coefficient (Wildman–Crippen LogP) is 2.33. The minimum atomic E-state index is -4.38.